The molecule has 120 valence electrons. The van der Waals surface area contributed by atoms with E-state index in [0.717, 1.165) is 5.56 Å². The Hall–Kier alpha value is -1.88. The minimum Gasteiger partial charge on any atom is -0.346 e. The van der Waals surface area contributed by atoms with Crippen LogP contribution in [0.25, 0.3) is 11.5 Å². The Balaban J connectivity index is 1.42. The molecule has 2 aromatic rings. The van der Waals surface area contributed by atoms with Crippen LogP contribution >= 0.6 is 11.6 Å². The van der Waals surface area contributed by atoms with E-state index in [-0.39, 0.29) is 17.9 Å². The highest BCUT2D eigenvalue weighted by Crippen LogP contribution is 2.57. The fraction of sp³-hybridized carbons (Fsp3) is 0.471. The fourth-order valence-electron chi connectivity index (χ4n) is 3.71. The molecule has 2 aliphatic carbocycles. The minimum absolute atomic E-state index is 0.130. The average Bonchev–Trinajstić information content (AvgIpc) is 2.95. The van der Waals surface area contributed by atoms with Crippen molar-refractivity contribution in [2.24, 2.45) is 17.8 Å². The van der Waals surface area contributed by atoms with Crippen molar-refractivity contribution in [3.63, 3.8) is 0 Å². The number of carbonyl (C=O) groups excluding carboxylic acids is 1. The largest absolute Gasteiger partial charge is 0.346 e. The van der Waals surface area contributed by atoms with E-state index >= 15 is 0 Å². The van der Waals surface area contributed by atoms with Crippen molar-refractivity contribution in [3.05, 3.63) is 35.1 Å². The second kappa shape index (κ2) is 5.64. The summed E-state index contributed by atoms with van der Waals surface area (Å²) in [7, 11) is 0. The first-order valence-electron chi connectivity index (χ1n) is 8.03. The Morgan fingerprint density at radius 3 is 2.70 bits per heavy atom. The van der Waals surface area contributed by atoms with E-state index in [1.165, 1.54) is 19.3 Å². The van der Waals surface area contributed by atoms with Gasteiger partial charge in [0.15, 0.2) is 5.82 Å². The standard InChI is InChI=1S/C17H18ClN3O2/c1-9(19-16(22)14-12-3-2-4-13(12)14)15-20-17(23-21-15)10-5-7-11(18)8-6-10/h5-9,12-14H,2-4H2,1H3,(H,19,22). The molecule has 6 heteroatoms. The molecule has 0 saturated heterocycles. The van der Waals surface area contributed by atoms with Crippen molar-refractivity contribution in [3.8, 4) is 11.5 Å². The number of nitrogens with one attached hydrogen (secondary N) is 1. The molecule has 0 aliphatic heterocycles. The lowest BCUT2D eigenvalue weighted by Crippen LogP contribution is -2.30. The molecule has 1 amide bonds. The summed E-state index contributed by atoms with van der Waals surface area (Å²) < 4.78 is 5.29. The van der Waals surface area contributed by atoms with Gasteiger partial charge in [0.25, 0.3) is 5.89 Å². The molecule has 2 saturated carbocycles. The van der Waals surface area contributed by atoms with Crippen LogP contribution in [0.3, 0.4) is 0 Å². The van der Waals surface area contributed by atoms with Crippen LogP contribution in [0, 0.1) is 17.8 Å². The maximum atomic E-state index is 12.3. The molecule has 1 heterocycles. The number of benzene rings is 1. The quantitative estimate of drug-likeness (QED) is 0.929. The molecule has 4 rings (SSSR count). The maximum Gasteiger partial charge on any atom is 0.257 e. The normalized spacial score (nSPS) is 26.6. The summed E-state index contributed by atoms with van der Waals surface area (Å²) in [4.78, 5) is 16.7. The second-order valence-corrected chi connectivity index (χ2v) is 6.92. The molecule has 0 spiro atoms. The van der Waals surface area contributed by atoms with Crippen molar-refractivity contribution < 1.29 is 9.32 Å². The van der Waals surface area contributed by atoms with Gasteiger partial charge in [-0.15, -0.1) is 0 Å². The van der Waals surface area contributed by atoms with Gasteiger partial charge >= 0.3 is 0 Å². The third-order valence-corrected chi connectivity index (χ3v) is 5.24. The van der Waals surface area contributed by atoms with Gasteiger partial charge in [-0.2, -0.15) is 4.98 Å². The zero-order valence-corrected chi connectivity index (χ0v) is 13.6. The van der Waals surface area contributed by atoms with Crippen molar-refractivity contribution in [2.75, 3.05) is 0 Å². The maximum absolute atomic E-state index is 12.3. The Morgan fingerprint density at radius 1 is 1.30 bits per heavy atom. The van der Waals surface area contributed by atoms with Crippen molar-refractivity contribution in [2.45, 2.75) is 32.2 Å². The smallest absolute Gasteiger partial charge is 0.257 e. The van der Waals surface area contributed by atoms with E-state index in [9.17, 15) is 4.79 Å². The Morgan fingerprint density at radius 2 is 2.00 bits per heavy atom. The van der Waals surface area contributed by atoms with Crippen LogP contribution in [-0.4, -0.2) is 16.0 Å². The van der Waals surface area contributed by atoms with Gasteiger partial charge in [0.2, 0.25) is 5.91 Å². The lowest BCUT2D eigenvalue weighted by molar-refractivity contribution is -0.123. The van der Waals surface area contributed by atoms with E-state index in [0.29, 0.717) is 28.6 Å². The van der Waals surface area contributed by atoms with Gasteiger partial charge in [-0.05, 0) is 55.9 Å². The van der Waals surface area contributed by atoms with Crippen LogP contribution in [0.1, 0.15) is 38.1 Å². The predicted octanol–water partition coefficient (Wildman–Crippen LogP) is 3.61. The van der Waals surface area contributed by atoms with Crippen LogP contribution < -0.4 is 5.32 Å². The first-order valence-corrected chi connectivity index (χ1v) is 8.41. The zero-order chi connectivity index (χ0) is 16.0. The lowest BCUT2D eigenvalue weighted by Gasteiger charge is -2.10. The van der Waals surface area contributed by atoms with Gasteiger partial charge in [0, 0.05) is 16.5 Å². The SMILES string of the molecule is CC(NC(=O)C1C2CCCC21)c1noc(-c2ccc(Cl)cc2)n1. The predicted molar refractivity (Wildman–Crippen MR) is 85.6 cm³/mol. The number of halogens is 1. The minimum atomic E-state index is -0.256. The first kappa shape index (κ1) is 14.7. The van der Waals surface area contributed by atoms with Gasteiger partial charge in [-0.25, -0.2) is 0 Å². The number of fused-ring (bicyclic) bond motifs is 1. The van der Waals surface area contributed by atoms with Crippen molar-refractivity contribution in [1.82, 2.24) is 15.5 Å². The monoisotopic (exact) mass is 331 g/mol. The summed E-state index contributed by atoms with van der Waals surface area (Å²) in [6.07, 6.45) is 3.66. The van der Waals surface area contributed by atoms with Gasteiger partial charge in [0.05, 0.1) is 6.04 Å². The molecule has 1 aromatic carbocycles. The number of carbonyl (C=O) groups is 1. The van der Waals surface area contributed by atoms with Crippen LogP contribution in [-0.2, 0) is 4.79 Å². The molecular weight excluding hydrogens is 314 g/mol. The molecule has 0 bridgehead atoms. The van der Waals surface area contributed by atoms with Gasteiger partial charge in [-0.1, -0.05) is 23.2 Å². The topological polar surface area (TPSA) is 68.0 Å². The number of aromatic nitrogens is 2. The molecule has 2 fully saturated rings. The molecule has 0 radical (unpaired) electrons. The number of rotatable bonds is 4. The van der Waals surface area contributed by atoms with Crippen molar-refractivity contribution >= 4 is 17.5 Å². The highest BCUT2D eigenvalue weighted by atomic mass is 35.5. The van der Waals surface area contributed by atoms with Crippen molar-refractivity contribution in [1.29, 1.82) is 0 Å². The molecule has 5 nitrogen and oxygen atoms in total. The summed E-state index contributed by atoms with van der Waals surface area (Å²) in [5.74, 6) is 2.48. The summed E-state index contributed by atoms with van der Waals surface area (Å²) in [6, 6.07) is 6.95. The summed E-state index contributed by atoms with van der Waals surface area (Å²) in [5, 5.41) is 7.66. The van der Waals surface area contributed by atoms with E-state index in [1.54, 1.807) is 12.1 Å². The first-order chi connectivity index (χ1) is 11.1. The Labute approximate surface area is 139 Å². The molecule has 1 N–H and O–H groups in total. The van der Waals surface area contributed by atoms with E-state index in [1.807, 2.05) is 19.1 Å². The molecule has 1 aromatic heterocycles. The summed E-state index contributed by atoms with van der Waals surface area (Å²) in [6.45, 7) is 1.88. The van der Waals surface area contributed by atoms with E-state index in [4.69, 9.17) is 16.1 Å². The third-order valence-electron chi connectivity index (χ3n) is 4.99. The van der Waals surface area contributed by atoms with E-state index < -0.39 is 0 Å². The zero-order valence-electron chi connectivity index (χ0n) is 12.8. The number of hydrogen-bond donors (Lipinski definition) is 1. The second-order valence-electron chi connectivity index (χ2n) is 6.48. The number of amides is 1. The number of hydrogen-bond acceptors (Lipinski definition) is 4. The molecule has 3 atom stereocenters. The molecule has 3 unspecified atom stereocenters. The summed E-state index contributed by atoms with van der Waals surface area (Å²) in [5.41, 5.74) is 0.809. The average molecular weight is 332 g/mol. The highest BCUT2D eigenvalue weighted by Gasteiger charge is 2.56. The molecule has 2 aliphatic rings. The molecule has 23 heavy (non-hydrogen) atoms. The van der Waals surface area contributed by atoms with Crippen LogP contribution in [0.2, 0.25) is 5.02 Å². The van der Waals surface area contributed by atoms with Crippen LogP contribution in [0.5, 0.6) is 0 Å². The Bertz CT molecular complexity index is 718. The Kier molecular flexibility index (Phi) is 3.60. The highest BCUT2D eigenvalue weighted by molar-refractivity contribution is 6.30. The molecular formula is C17H18ClN3O2. The van der Waals surface area contributed by atoms with Gasteiger partial charge in [0.1, 0.15) is 0 Å². The fourth-order valence-corrected chi connectivity index (χ4v) is 3.83. The van der Waals surface area contributed by atoms with E-state index in [2.05, 4.69) is 15.5 Å². The summed E-state index contributed by atoms with van der Waals surface area (Å²) >= 11 is 5.87. The van der Waals surface area contributed by atoms with Crippen LogP contribution in [0.15, 0.2) is 28.8 Å². The van der Waals surface area contributed by atoms with Gasteiger partial charge in [-0.3, -0.25) is 4.79 Å². The van der Waals surface area contributed by atoms with Crippen LogP contribution in [0.4, 0.5) is 0 Å². The lowest BCUT2D eigenvalue weighted by atomic mass is 10.1. The van der Waals surface area contributed by atoms with Gasteiger partial charge < -0.3 is 9.84 Å². The third kappa shape index (κ3) is 2.74. The number of nitrogens with zero attached hydrogens (tertiary/aromatic N) is 2.